The van der Waals surface area contributed by atoms with E-state index in [4.69, 9.17) is 5.11 Å². The molecule has 0 atom stereocenters. The number of phenols is 1. The molecular formula is C13H17N3O5. The number of anilines is 1. The van der Waals surface area contributed by atoms with Crippen LogP contribution in [0, 0.1) is 0 Å². The number of amides is 3. The molecule has 8 heteroatoms. The zero-order valence-corrected chi connectivity index (χ0v) is 11.6. The summed E-state index contributed by atoms with van der Waals surface area (Å²) in [5, 5.41) is 25.6. The van der Waals surface area contributed by atoms with E-state index in [0.717, 1.165) is 6.07 Å². The van der Waals surface area contributed by atoms with E-state index < -0.39 is 12.0 Å². The molecule has 3 amide bonds. The highest BCUT2D eigenvalue weighted by Crippen LogP contribution is 2.24. The molecule has 1 rings (SSSR count). The summed E-state index contributed by atoms with van der Waals surface area (Å²) >= 11 is 0. The van der Waals surface area contributed by atoms with Crippen LogP contribution in [0.15, 0.2) is 18.2 Å². The number of aromatic carboxylic acids is 1. The number of hydrogen-bond donors (Lipinski definition) is 5. The Kier molecular flexibility index (Phi) is 5.53. The normalized spacial score (nSPS) is 10.0. The smallest absolute Gasteiger partial charge is 0.335 e. The molecule has 0 fully saturated rings. The fraction of sp³-hybridized carbons (Fsp3) is 0.308. The molecule has 0 saturated heterocycles. The SMILES string of the molecule is CC(C)NC(=O)CNC(=O)Nc1ccc(C(=O)O)cc1O. The number of carboxylic acids is 1. The monoisotopic (exact) mass is 295 g/mol. The summed E-state index contributed by atoms with van der Waals surface area (Å²) in [6.45, 7) is 3.37. The van der Waals surface area contributed by atoms with Gasteiger partial charge in [0.25, 0.3) is 0 Å². The average Bonchev–Trinajstić information content (AvgIpc) is 2.37. The summed E-state index contributed by atoms with van der Waals surface area (Å²) in [6, 6.07) is 2.79. The lowest BCUT2D eigenvalue weighted by atomic mass is 10.2. The van der Waals surface area contributed by atoms with Gasteiger partial charge in [-0.3, -0.25) is 4.79 Å². The third-order valence-corrected chi connectivity index (χ3v) is 2.35. The van der Waals surface area contributed by atoms with Crippen molar-refractivity contribution < 1.29 is 24.6 Å². The van der Waals surface area contributed by atoms with Gasteiger partial charge in [0.05, 0.1) is 17.8 Å². The van der Waals surface area contributed by atoms with Crippen LogP contribution < -0.4 is 16.0 Å². The molecule has 1 aromatic carbocycles. The molecule has 0 saturated carbocycles. The molecule has 5 N–H and O–H groups in total. The predicted octanol–water partition coefficient (Wildman–Crippen LogP) is 0.737. The number of nitrogens with one attached hydrogen (secondary N) is 3. The van der Waals surface area contributed by atoms with Gasteiger partial charge < -0.3 is 26.2 Å². The Morgan fingerprint density at radius 1 is 1.24 bits per heavy atom. The molecule has 0 aromatic heterocycles. The van der Waals surface area contributed by atoms with Gasteiger partial charge in [-0.15, -0.1) is 0 Å². The lowest BCUT2D eigenvalue weighted by Crippen LogP contribution is -2.41. The van der Waals surface area contributed by atoms with Crippen molar-refractivity contribution in [3.05, 3.63) is 23.8 Å². The fourth-order valence-electron chi connectivity index (χ4n) is 1.47. The van der Waals surface area contributed by atoms with E-state index in [1.54, 1.807) is 13.8 Å². The van der Waals surface area contributed by atoms with Crippen LogP contribution in [-0.2, 0) is 4.79 Å². The lowest BCUT2D eigenvalue weighted by molar-refractivity contribution is -0.120. The highest BCUT2D eigenvalue weighted by atomic mass is 16.4. The molecule has 0 aliphatic carbocycles. The molecule has 21 heavy (non-hydrogen) atoms. The van der Waals surface area contributed by atoms with Crippen LogP contribution in [0.25, 0.3) is 0 Å². The summed E-state index contributed by atoms with van der Waals surface area (Å²) in [6.07, 6.45) is 0. The predicted molar refractivity (Wildman–Crippen MR) is 75.4 cm³/mol. The van der Waals surface area contributed by atoms with E-state index in [2.05, 4.69) is 16.0 Å². The van der Waals surface area contributed by atoms with Crippen LogP contribution >= 0.6 is 0 Å². The number of benzene rings is 1. The van der Waals surface area contributed by atoms with Crippen molar-refractivity contribution in [3.63, 3.8) is 0 Å². The van der Waals surface area contributed by atoms with Crippen molar-refractivity contribution >= 4 is 23.6 Å². The molecule has 0 radical (unpaired) electrons. The second-order valence-corrected chi connectivity index (χ2v) is 4.57. The second kappa shape index (κ2) is 7.13. The number of carbonyl (C=O) groups excluding carboxylic acids is 2. The van der Waals surface area contributed by atoms with Crippen LogP contribution in [0.4, 0.5) is 10.5 Å². The first-order chi connectivity index (χ1) is 9.79. The molecule has 0 aliphatic heterocycles. The van der Waals surface area contributed by atoms with Gasteiger partial charge in [-0.05, 0) is 32.0 Å². The van der Waals surface area contributed by atoms with Gasteiger partial charge in [-0.1, -0.05) is 0 Å². The Hall–Kier alpha value is -2.77. The molecule has 0 aliphatic rings. The molecule has 0 spiro atoms. The van der Waals surface area contributed by atoms with Crippen LogP contribution in [-0.4, -0.2) is 40.7 Å². The van der Waals surface area contributed by atoms with E-state index in [1.807, 2.05) is 0 Å². The Bertz CT molecular complexity index is 557. The summed E-state index contributed by atoms with van der Waals surface area (Å²) < 4.78 is 0. The highest BCUT2D eigenvalue weighted by molar-refractivity contribution is 5.95. The number of phenolic OH excluding ortho intramolecular Hbond substituents is 1. The Morgan fingerprint density at radius 2 is 1.90 bits per heavy atom. The van der Waals surface area contributed by atoms with Crippen LogP contribution in [0.5, 0.6) is 5.75 Å². The number of carboxylic acid groups (broad SMARTS) is 1. The van der Waals surface area contributed by atoms with E-state index in [1.165, 1.54) is 12.1 Å². The first kappa shape index (κ1) is 16.3. The van der Waals surface area contributed by atoms with Crippen molar-refractivity contribution in [1.82, 2.24) is 10.6 Å². The molecular weight excluding hydrogens is 278 g/mol. The number of carbonyl (C=O) groups is 3. The molecule has 0 unspecified atom stereocenters. The largest absolute Gasteiger partial charge is 0.506 e. The maximum atomic E-state index is 11.5. The maximum Gasteiger partial charge on any atom is 0.335 e. The third kappa shape index (κ3) is 5.39. The summed E-state index contributed by atoms with van der Waals surface area (Å²) in [4.78, 5) is 33.6. The van der Waals surface area contributed by atoms with Gasteiger partial charge >= 0.3 is 12.0 Å². The number of hydrogen-bond acceptors (Lipinski definition) is 4. The fourth-order valence-corrected chi connectivity index (χ4v) is 1.47. The van der Waals surface area contributed by atoms with Gasteiger partial charge in [0.1, 0.15) is 5.75 Å². The molecule has 114 valence electrons. The number of aromatic hydroxyl groups is 1. The van der Waals surface area contributed by atoms with Crippen molar-refractivity contribution in [3.8, 4) is 5.75 Å². The second-order valence-electron chi connectivity index (χ2n) is 4.57. The summed E-state index contributed by atoms with van der Waals surface area (Å²) in [7, 11) is 0. The first-order valence-electron chi connectivity index (χ1n) is 6.20. The first-order valence-corrected chi connectivity index (χ1v) is 6.20. The minimum absolute atomic E-state index is 0.0324. The average molecular weight is 295 g/mol. The standard InChI is InChI=1S/C13H17N3O5/c1-7(2)15-11(18)6-14-13(21)16-9-4-3-8(12(19)20)5-10(9)17/h3-5,7,17H,6H2,1-2H3,(H,15,18)(H,19,20)(H2,14,16,21). The van der Waals surface area contributed by atoms with Crippen molar-refractivity contribution in [2.24, 2.45) is 0 Å². The van der Waals surface area contributed by atoms with Crippen molar-refractivity contribution in [2.45, 2.75) is 19.9 Å². The van der Waals surface area contributed by atoms with Gasteiger partial charge in [-0.2, -0.15) is 0 Å². The Labute approximate surface area is 121 Å². The van der Waals surface area contributed by atoms with E-state index in [0.29, 0.717) is 0 Å². The minimum Gasteiger partial charge on any atom is -0.506 e. The van der Waals surface area contributed by atoms with Crippen LogP contribution in [0.1, 0.15) is 24.2 Å². The lowest BCUT2D eigenvalue weighted by Gasteiger charge is -2.11. The number of urea groups is 1. The topological polar surface area (TPSA) is 128 Å². The van der Waals surface area contributed by atoms with E-state index in [-0.39, 0.29) is 35.5 Å². The zero-order chi connectivity index (χ0) is 16.0. The molecule has 1 aromatic rings. The van der Waals surface area contributed by atoms with Crippen molar-refractivity contribution in [2.75, 3.05) is 11.9 Å². The third-order valence-electron chi connectivity index (χ3n) is 2.35. The van der Waals surface area contributed by atoms with Crippen LogP contribution in [0.2, 0.25) is 0 Å². The zero-order valence-electron chi connectivity index (χ0n) is 11.6. The minimum atomic E-state index is -1.19. The number of rotatable bonds is 5. The molecule has 8 nitrogen and oxygen atoms in total. The van der Waals surface area contributed by atoms with E-state index >= 15 is 0 Å². The van der Waals surface area contributed by atoms with Gasteiger partial charge in [0, 0.05) is 6.04 Å². The van der Waals surface area contributed by atoms with Gasteiger partial charge in [0.2, 0.25) is 5.91 Å². The Morgan fingerprint density at radius 3 is 2.43 bits per heavy atom. The Balaban J connectivity index is 2.55. The highest BCUT2D eigenvalue weighted by Gasteiger charge is 2.11. The van der Waals surface area contributed by atoms with E-state index in [9.17, 15) is 19.5 Å². The molecule has 0 bridgehead atoms. The van der Waals surface area contributed by atoms with Gasteiger partial charge in [0.15, 0.2) is 0 Å². The maximum absolute atomic E-state index is 11.5. The van der Waals surface area contributed by atoms with Crippen LogP contribution in [0.3, 0.4) is 0 Å². The summed E-state index contributed by atoms with van der Waals surface area (Å²) in [5.74, 6) is -1.91. The van der Waals surface area contributed by atoms with Crippen molar-refractivity contribution in [1.29, 1.82) is 0 Å². The van der Waals surface area contributed by atoms with Gasteiger partial charge in [-0.25, -0.2) is 9.59 Å². The molecule has 0 heterocycles. The quantitative estimate of drug-likeness (QED) is 0.512. The summed E-state index contributed by atoms with van der Waals surface area (Å²) in [5.41, 5.74) is -0.0588.